The van der Waals surface area contributed by atoms with Crippen LogP contribution in [0.2, 0.25) is 0 Å². The summed E-state index contributed by atoms with van der Waals surface area (Å²) in [5.74, 6) is -0.401. The van der Waals surface area contributed by atoms with Crippen molar-refractivity contribution in [1.29, 1.82) is 0 Å². The van der Waals surface area contributed by atoms with Gasteiger partial charge in [0.2, 0.25) is 5.91 Å². The van der Waals surface area contributed by atoms with Crippen LogP contribution in [0.15, 0.2) is 24.3 Å². The molecule has 0 bridgehead atoms. The van der Waals surface area contributed by atoms with Crippen molar-refractivity contribution in [2.75, 3.05) is 11.9 Å². The number of amides is 1. The molecule has 86 valence electrons. The van der Waals surface area contributed by atoms with E-state index in [1.807, 2.05) is 0 Å². The smallest absolute Gasteiger partial charge is 0.225 e. The lowest BCUT2D eigenvalue weighted by atomic mass is 10.1. The number of hydrogen-bond donors (Lipinski definition) is 2. The Kier molecular flexibility index (Phi) is 3.51. The molecule has 1 aromatic rings. The summed E-state index contributed by atoms with van der Waals surface area (Å²) in [4.78, 5) is 11.6. The third-order valence-electron chi connectivity index (χ3n) is 2.70. The van der Waals surface area contributed by atoms with Crippen molar-refractivity contribution in [2.45, 2.75) is 25.3 Å². The zero-order valence-corrected chi connectivity index (χ0v) is 9.00. The third kappa shape index (κ3) is 3.03. The predicted octanol–water partition coefficient (Wildman–Crippen LogP) is 1.91. The molecule has 0 aromatic heterocycles. The second kappa shape index (κ2) is 5.07. The van der Waals surface area contributed by atoms with Gasteiger partial charge < -0.3 is 10.6 Å². The minimum absolute atomic E-state index is 0.0648. The van der Waals surface area contributed by atoms with Crippen LogP contribution in [0.25, 0.3) is 0 Å². The number of benzene rings is 1. The van der Waals surface area contributed by atoms with Gasteiger partial charge >= 0.3 is 0 Å². The molecular weight excluding hydrogens is 207 g/mol. The Balaban J connectivity index is 1.86. The van der Waals surface area contributed by atoms with E-state index >= 15 is 0 Å². The monoisotopic (exact) mass is 222 g/mol. The van der Waals surface area contributed by atoms with Gasteiger partial charge in [0.15, 0.2) is 0 Å². The van der Waals surface area contributed by atoms with E-state index in [1.54, 1.807) is 12.1 Å². The maximum atomic E-state index is 12.9. The van der Waals surface area contributed by atoms with E-state index < -0.39 is 0 Å². The van der Waals surface area contributed by atoms with Crippen LogP contribution in [0.5, 0.6) is 0 Å². The van der Waals surface area contributed by atoms with Crippen LogP contribution in [-0.2, 0) is 4.79 Å². The lowest BCUT2D eigenvalue weighted by molar-refractivity contribution is -0.116. The predicted molar refractivity (Wildman–Crippen MR) is 60.7 cm³/mol. The maximum absolute atomic E-state index is 12.9. The Hall–Kier alpha value is -1.42. The van der Waals surface area contributed by atoms with Crippen molar-refractivity contribution in [1.82, 2.24) is 5.32 Å². The van der Waals surface area contributed by atoms with Gasteiger partial charge in [0, 0.05) is 18.2 Å². The summed E-state index contributed by atoms with van der Waals surface area (Å²) in [7, 11) is 0. The molecule has 1 heterocycles. The largest absolute Gasteiger partial charge is 0.326 e. The molecule has 16 heavy (non-hydrogen) atoms. The second-order valence-electron chi connectivity index (χ2n) is 4.06. The van der Waals surface area contributed by atoms with Gasteiger partial charge in [-0.05, 0) is 37.6 Å². The summed E-state index contributed by atoms with van der Waals surface area (Å²) < 4.78 is 12.9. The second-order valence-corrected chi connectivity index (χ2v) is 4.06. The Morgan fingerprint density at radius 1 is 1.56 bits per heavy atom. The molecule has 1 saturated heterocycles. The average Bonchev–Trinajstić information content (AvgIpc) is 2.70. The maximum Gasteiger partial charge on any atom is 0.225 e. The molecule has 1 aliphatic heterocycles. The van der Waals surface area contributed by atoms with Crippen LogP contribution < -0.4 is 10.6 Å². The van der Waals surface area contributed by atoms with Crippen molar-refractivity contribution < 1.29 is 9.18 Å². The molecule has 2 N–H and O–H groups in total. The molecule has 1 amide bonds. The van der Waals surface area contributed by atoms with Crippen LogP contribution in [0.1, 0.15) is 19.3 Å². The Labute approximate surface area is 94.0 Å². The van der Waals surface area contributed by atoms with Crippen LogP contribution >= 0.6 is 0 Å². The molecule has 4 heteroatoms. The number of halogens is 1. The molecule has 0 radical (unpaired) electrons. The molecule has 2 rings (SSSR count). The number of carbonyl (C=O) groups excluding carboxylic acids is 1. The minimum Gasteiger partial charge on any atom is -0.326 e. The van der Waals surface area contributed by atoms with Gasteiger partial charge in [0.05, 0.1) is 0 Å². The number of carbonyl (C=O) groups is 1. The van der Waals surface area contributed by atoms with Gasteiger partial charge in [0.1, 0.15) is 5.82 Å². The van der Waals surface area contributed by atoms with Gasteiger partial charge in [-0.25, -0.2) is 4.39 Å². The van der Waals surface area contributed by atoms with Gasteiger partial charge in [-0.3, -0.25) is 4.79 Å². The SMILES string of the molecule is O=C(CC1CCCN1)Nc1cccc(F)c1. The van der Waals surface area contributed by atoms with E-state index in [1.165, 1.54) is 12.1 Å². The van der Waals surface area contributed by atoms with Gasteiger partial charge in [-0.2, -0.15) is 0 Å². The normalized spacial score (nSPS) is 19.7. The molecule has 0 saturated carbocycles. The van der Waals surface area contributed by atoms with E-state index in [0.717, 1.165) is 19.4 Å². The molecule has 1 aromatic carbocycles. The standard InChI is InChI=1S/C12H15FN2O/c13-9-3-1-4-11(7-9)15-12(16)8-10-5-2-6-14-10/h1,3-4,7,10,14H,2,5-6,8H2,(H,15,16). The van der Waals surface area contributed by atoms with Gasteiger partial charge in [0.25, 0.3) is 0 Å². The number of rotatable bonds is 3. The highest BCUT2D eigenvalue weighted by Crippen LogP contribution is 2.12. The minimum atomic E-state index is -0.336. The van der Waals surface area contributed by atoms with Crippen molar-refractivity contribution in [3.8, 4) is 0 Å². The fourth-order valence-electron chi connectivity index (χ4n) is 1.93. The number of hydrogen-bond acceptors (Lipinski definition) is 2. The first-order chi connectivity index (χ1) is 7.74. The molecular formula is C12H15FN2O. The molecule has 0 aliphatic carbocycles. The third-order valence-corrected chi connectivity index (χ3v) is 2.70. The van der Waals surface area contributed by atoms with E-state index in [2.05, 4.69) is 10.6 Å². The fourth-order valence-corrected chi connectivity index (χ4v) is 1.93. The first-order valence-corrected chi connectivity index (χ1v) is 5.53. The first kappa shape index (κ1) is 11.1. The van der Waals surface area contributed by atoms with Crippen LogP contribution in [0, 0.1) is 5.82 Å². The molecule has 1 atom stereocenters. The summed E-state index contributed by atoms with van der Waals surface area (Å²) in [6, 6.07) is 6.21. The highest BCUT2D eigenvalue weighted by atomic mass is 19.1. The Morgan fingerprint density at radius 2 is 2.44 bits per heavy atom. The van der Waals surface area contributed by atoms with E-state index in [0.29, 0.717) is 12.1 Å². The molecule has 1 unspecified atom stereocenters. The van der Waals surface area contributed by atoms with E-state index in [-0.39, 0.29) is 17.8 Å². The van der Waals surface area contributed by atoms with Crippen molar-refractivity contribution in [3.63, 3.8) is 0 Å². The zero-order chi connectivity index (χ0) is 11.4. The average molecular weight is 222 g/mol. The zero-order valence-electron chi connectivity index (χ0n) is 9.00. The van der Waals surface area contributed by atoms with Crippen LogP contribution in [-0.4, -0.2) is 18.5 Å². The van der Waals surface area contributed by atoms with Crippen molar-refractivity contribution in [3.05, 3.63) is 30.1 Å². The first-order valence-electron chi connectivity index (χ1n) is 5.53. The summed E-state index contributed by atoms with van der Waals surface area (Å²) in [6.45, 7) is 0.984. The number of anilines is 1. The lowest BCUT2D eigenvalue weighted by Gasteiger charge is -2.10. The Morgan fingerprint density at radius 3 is 3.12 bits per heavy atom. The molecule has 1 fully saturated rings. The van der Waals surface area contributed by atoms with Gasteiger partial charge in [-0.15, -0.1) is 0 Å². The van der Waals surface area contributed by atoms with E-state index in [9.17, 15) is 9.18 Å². The highest BCUT2D eigenvalue weighted by Gasteiger charge is 2.17. The summed E-state index contributed by atoms with van der Waals surface area (Å²) in [5.41, 5.74) is 0.517. The number of nitrogens with one attached hydrogen (secondary N) is 2. The Bertz CT molecular complexity index is 375. The summed E-state index contributed by atoms with van der Waals surface area (Å²) in [5, 5.41) is 5.94. The molecule has 1 aliphatic rings. The summed E-state index contributed by atoms with van der Waals surface area (Å²) >= 11 is 0. The van der Waals surface area contributed by atoms with Crippen molar-refractivity contribution >= 4 is 11.6 Å². The van der Waals surface area contributed by atoms with Crippen molar-refractivity contribution in [2.24, 2.45) is 0 Å². The highest BCUT2D eigenvalue weighted by molar-refractivity contribution is 5.91. The fraction of sp³-hybridized carbons (Fsp3) is 0.417. The van der Waals surface area contributed by atoms with Crippen LogP contribution in [0.3, 0.4) is 0 Å². The lowest BCUT2D eigenvalue weighted by Crippen LogP contribution is -2.27. The summed E-state index contributed by atoms with van der Waals surface area (Å²) in [6.07, 6.45) is 2.62. The molecule has 3 nitrogen and oxygen atoms in total. The topological polar surface area (TPSA) is 41.1 Å². The van der Waals surface area contributed by atoms with Gasteiger partial charge in [-0.1, -0.05) is 6.07 Å². The van der Waals surface area contributed by atoms with E-state index in [4.69, 9.17) is 0 Å². The quantitative estimate of drug-likeness (QED) is 0.820. The molecule has 0 spiro atoms. The van der Waals surface area contributed by atoms with Crippen LogP contribution in [0.4, 0.5) is 10.1 Å².